The molecule has 3 fully saturated rings. The van der Waals surface area contributed by atoms with Crippen molar-refractivity contribution in [2.45, 2.75) is 134 Å². The smallest absolute Gasteiger partial charge is 0.204 e. The van der Waals surface area contributed by atoms with Crippen molar-refractivity contribution in [3.8, 4) is 0 Å². The lowest BCUT2D eigenvalue weighted by atomic mass is 9.74. The summed E-state index contributed by atoms with van der Waals surface area (Å²) in [5.41, 5.74) is -0.790. The van der Waals surface area contributed by atoms with Gasteiger partial charge in [0, 0.05) is 31.3 Å². The fraction of sp³-hybridized carbons (Fsp3) is 0.900. The summed E-state index contributed by atoms with van der Waals surface area (Å²) in [6, 6.07) is 0. The summed E-state index contributed by atoms with van der Waals surface area (Å²) in [6.07, 6.45) is 7.60. The molecule has 4 aliphatic heterocycles. The molecule has 12 atom stereocenters. The third-order valence-corrected chi connectivity index (χ3v) is 9.91. The van der Waals surface area contributed by atoms with Gasteiger partial charge in [0.05, 0.1) is 36.6 Å². The molecule has 8 nitrogen and oxygen atoms in total. The van der Waals surface area contributed by atoms with Crippen LogP contribution in [0.4, 0.5) is 0 Å². The van der Waals surface area contributed by atoms with Crippen LogP contribution in [0.25, 0.3) is 0 Å². The molecule has 4 aliphatic rings. The van der Waals surface area contributed by atoms with E-state index in [0.717, 1.165) is 19.3 Å². The van der Waals surface area contributed by atoms with Gasteiger partial charge in [-0.1, -0.05) is 34.6 Å². The molecule has 0 aromatic heterocycles. The molecule has 0 amide bonds. The van der Waals surface area contributed by atoms with Crippen molar-refractivity contribution in [1.82, 2.24) is 0 Å². The van der Waals surface area contributed by atoms with Crippen LogP contribution in [0.15, 0.2) is 12.2 Å². The van der Waals surface area contributed by atoms with E-state index in [1.807, 2.05) is 32.9 Å². The van der Waals surface area contributed by atoms with Crippen molar-refractivity contribution in [2.24, 2.45) is 23.7 Å². The van der Waals surface area contributed by atoms with E-state index in [2.05, 4.69) is 13.8 Å². The van der Waals surface area contributed by atoms with Crippen molar-refractivity contribution >= 4 is 5.78 Å². The van der Waals surface area contributed by atoms with E-state index in [-0.39, 0.29) is 54.6 Å². The van der Waals surface area contributed by atoms with Gasteiger partial charge < -0.3 is 33.9 Å². The minimum absolute atomic E-state index is 0.00318. The minimum Gasteiger partial charge on any atom is -0.396 e. The van der Waals surface area contributed by atoms with Crippen molar-refractivity contribution in [2.75, 3.05) is 13.7 Å². The Kier molecular flexibility index (Phi) is 9.15. The van der Waals surface area contributed by atoms with Gasteiger partial charge in [-0.15, -0.1) is 0 Å². The summed E-state index contributed by atoms with van der Waals surface area (Å²) < 4.78 is 32.6. The number of hydrogen-bond donors (Lipinski definition) is 2. The molecular weight excluding hydrogens is 488 g/mol. The number of rotatable bonds is 8. The molecule has 0 aromatic carbocycles. The summed E-state index contributed by atoms with van der Waals surface area (Å²) >= 11 is 0. The van der Waals surface area contributed by atoms with Gasteiger partial charge in [-0.3, -0.25) is 4.79 Å². The summed E-state index contributed by atoms with van der Waals surface area (Å²) in [5, 5.41) is 20.5. The van der Waals surface area contributed by atoms with Crippen molar-refractivity contribution in [3.63, 3.8) is 0 Å². The number of carbonyl (C=O) groups is 1. The molecule has 0 bridgehead atoms. The molecule has 12 unspecified atom stereocenters. The molecular formula is C30H50O8. The molecule has 4 rings (SSSR count). The molecule has 0 saturated carbocycles. The lowest BCUT2D eigenvalue weighted by Gasteiger charge is -2.55. The van der Waals surface area contributed by atoms with Gasteiger partial charge >= 0.3 is 0 Å². The van der Waals surface area contributed by atoms with Crippen LogP contribution in [-0.4, -0.2) is 77.4 Å². The van der Waals surface area contributed by atoms with Gasteiger partial charge in [-0.2, -0.15) is 0 Å². The number of ketones is 1. The van der Waals surface area contributed by atoms with Crippen molar-refractivity contribution < 1.29 is 38.7 Å². The Hall–Kier alpha value is -0.870. The normalized spacial score (nSPS) is 46.9. The molecule has 218 valence electrons. The Bertz CT molecular complexity index is 863. The van der Waals surface area contributed by atoms with Crippen LogP contribution in [0.5, 0.6) is 0 Å². The van der Waals surface area contributed by atoms with E-state index >= 15 is 0 Å². The van der Waals surface area contributed by atoms with E-state index in [4.69, 9.17) is 23.7 Å². The first kappa shape index (κ1) is 30.1. The molecule has 2 N–H and O–H groups in total. The fourth-order valence-corrected chi connectivity index (χ4v) is 7.24. The zero-order chi connectivity index (χ0) is 27.9. The second-order valence-corrected chi connectivity index (χ2v) is 12.4. The number of ether oxygens (including phenoxy) is 5. The van der Waals surface area contributed by atoms with Gasteiger partial charge in [-0.25, -0.2) is 0 Å². The highest BCUT2D eigenvalue weighted by molar-refractivity contribution is 5.83. The molecule has 4 heterocycles. The number of hydrogen-bond acceptors (Lipinski definition) is 8. The first-order valence-corrected chi connectivity index (χ1v) is 14.8. The molecule has 8 heteroatoms. The predicted octanol–water partition coefficient (Wildman–Crippen LogP) is 4.15. The van der Waals surface area contributed by atoms with E-state index in [9.17, 15) is 15.0 Å². The van der Waals surface area contributed by atoms with E-state index in [1.165, 1.54) is 0 Å². The van der Waals surface area contributed by atoms with Gasteiger partial charge in [-0.05, 0) is 63.5 Å². The number of aliphatic hydroxyl groups excluding tert-OH is 1. The maximum absolute atomic E-state index is 13.2. The molecule has 3 saturated heterocycles. The van der Waals surface area contributed by atoms with E-state index in [1.54, 1.807) is 14.0 Å². The highest BCUT2D eigenvalue weighted by atomic mass is 16.8. The van der Waals surface area contributed by atoms with Crippen molar-refractivity contribution in [1.29, 1.82) is 0 Å². The SMILES string of the molecule is CCC(C(=O)C(C)CO)C1OC2(OC3(C=CC2OC)CCC(C2CCC(O)(CC)C(C)O2)O3)C(C)CC1C. The average Bonchev–Trinajstić information content (AvgIpc) is 3.31. The second kappa shape index (κ2) is 11.6. The largest absolute Gasteiger partial charge is 0.396 e. The maximum atomic E-state index is 13.2. The summed E-state index contributed by atoms with van der Waals surface area (Å²) in [6.45, 7) is 11.8. The van der Waals surface area contributed by atoms with E-state index in [0.29, 0.717) is 25.7 Å². The highest BCUT2D eigenvalue weighted by Gasteiger charge is 2.61. The second-order valence-electron chi connectivity index (χ2n) is 12.4. The Morgan fingerprint density at radius 2 is 1.84 bits per heavy atom. The lowest BCUT2D eigenvalue weighted by molar-refractivity contribution is -0.413. The van der Waals surface area contributed by atoms with Crippen LogP contribution in [-0.2, 0) is 28.5 Å². The maximum Gasteiger partial charge on any atom is 0.204 e. The topological polar surface area (TPSA) is 104 Å². The van der Waals surface area contributed by atoms with Crippen LogP contribution in [0.1, 0.15) is 86.5 Å². The van der Waals surface area contributed by atoms with Crippen LogP contribution < -0.4 is 0 Å². The Labute approximate surface area is 228 Å². The molecule has 2 spiro atoms. The molecule has 0 aromatic rings. The van der Waals surface area contributed by atoms with Crippen molar-refractivity contribution in [3.05, 3.63) is 12.2 Å². The predicted molar refractivity (Wildman–Crippen MR) is 142 cm³/mol. The quantitative estimate of drug-likeness (QED) is 0.444. The van der Waals surface area contributed by atoms with Gasteiger partial charge in [0.15, 0.2) is 5.79 Å². The van der Waals surface area contributed by atoms with Crippen LogP contribution in [0.2, 0.25) is 0 Å². The first-order valence-electron chi connectivity index (χ1n) is 14.8. The van der Waals surface area contributed by atoms with Crippen LogP contribution >= 0.6 is 0 Å². The average molecular weight is 539 g/mol. The van der Waals surface area contributed by atoms with E-state index < -0.39 is 29.2 Å². The third kappa shape index (κ3) is 5.27. The Balaban J connectivity index is 1.56. The summed E-state index contributed by atoms with van der Waals surface area (Å²) in [4.78, 5) is 13.2. The van der Waals surface area contributed by atoms with Gasteiger partial charge in [0.25, 0.3) is 0 Å². The third-order valence-electron chi connectivity index (χ3n) is 9.91. The summed E-state index contributed by atoms with van der Waals surface area (Å²) in [7, 11) is 1.65. The minimum atomic E-state index is -1.10. The number of methoxy groups -OCH3 is 1. The number of carbonyl (C=O) groups excluding carboxylic acids is 1. The Morgan fingerprint density at radius 1 is 1.13 bits per heavy atom. The van der Waals surface area contributed by atoms with Crippen LogP contribution in [0, 0.1) is 23.7 Å². The molecule has 0 radical (unpaired) electrons. The molecule has 0 aliphatic carbocycles. The number of Topliss-reactive ketones (excluding diaryl/α,β-unsaturated/α-hetero) is 1. The lowest BCUT2D eigenvalue weighted by Crippen LogP contribution is -2.65. The summed E-state index contributed by atoms with van der Waals surface area (Å²) in [5.74, 6) is -2.68. The zero-order valence-electron chi connectivity index (χ0n) is 24.4. The first-order chi connectivity index (χ1) is 18.0. The fourth-order valence-electron chi connectivity index (χ4n) is 7.24. The standard InChI is InChI=1S/C30H50O8/c1-8-22(26(32)19(4)17-31)27-18(3)16-20(5)30(37-27)25(34-7)12-15-29(38-30)14-11-24(36-29)23-10-13-28(33,9-2)21(6)35-23/h12,15,18-25,27,31,33H,8-11,13-14,16-17H2,1-7H3. The molecule has 38 heavy (non-hydrogen) atoms. The van der Waals surface area contributed by atoms with Gasteiger partial charge in [0.2, 0.25) is 5.79 Å². The monoisotopic (exact) mass is 538 g/mol. The number of aliphatic hydroxyl groups is 2. The van der Waals surface area contributed by atoms with Gasteiger partial charge in [0.1, 0.15) is 11.9 Å². The zero-order valence-corrected chi connectivity index (χ0v) is 24.4. The highest BCUT2D eigenvalue weighted by Crippen LogP contribution is 2.52. The Morgan fingerprint density at radius 3 is 2.45 bits per heavy atom. The van der Waals surface area contributed by atoms with Crippen LogP contribution in [0.3, 0.4) is 0 Å².